The Kier molecular flexibility index (Phi) is 9.10. The van der Waals surface area contributed by atoms with Gasteiger partial charge in [0.1, 0.15) is 6.04 Å². The summed E-state index contributed by atoms with van der Waals surface area (Å²) in [6.45, 7) is 5.85. The van der Waals surface area contributed by atoms with Gasteiger partial charge in [0.15, 0.2) is 0 Å². The van der Waals surface area contributed by atoms with Gasteiger partial charge < -0.3 is 20.7 Å². The van der Waals surface area contributed by atoms with Gasteiger partial charge in [0.2, 0.25) is 0 Å². The second kappa shape index (κ2) is 12.7. The van der Waals surface area contributed by atoms with Crippen LogP contribution < -0.4 is 16.0 Å². The van der Waals surface area contributed by atoms with E-state index < -0.39 is 17.9 Å². The van der Waals surface area contributed by atoms with Crippen LogP contribution in [0.4, 0.5) is 0 Å². The number of aromatic nitrogens is 2. The number of thiophene rings is 2. The Morgan fingerprint density at radius 2 is 1.82 bits per heavy atom. The van der Waals surface area contributed by atoms with Crippen LogP contribution in [0.1, 0.15) is 54.0 Å². The number of esters is 1. The molecular formula is C27H29N5O5S2. The van der Waals surface area contributed by atoms with E-state index in [0.717, 1.165) is 27.8 Å². The summed E-state index contributed by atoms with van der Waals surface area (Å²) in [7, 11) is 0. The molecule has 0 aliphatic carbocycles. The molecule has 12 heteroatoms. The van der Waals surface area contributed by atoms with Crippen molar-refractivity contribution in [2.45, 2.75) is 33.4 Å². The Hall–Kier alpha value is -4.03. The molecule has 10 nitrogen and oxygen atoms in total. The summed E-state index contributed by atoms with van der Waals surface area (Å²) in [5, 5.41) is 17.9. The second-order valence-electron chi connectivity index (χ2n) is 9.29. The smallest absolute Gasteiger partial charge is 0.330 e. The molecule has 4 N–H and O–H groups in total. The van der Waals surface area contributed by atoms with Gasteiger partial charge >= 0.3 is 5.97 Å². The second-order valence-corrected chi connectivity index (χ2v) is 11.3. The first kappa shape index (κ1) is 28.0. The molecule has 1 atom stereocenters. The summed E-state index contributed by atoms with van der Waals surface area (Å²) >= 11 is 2.30. The fourth-order valence-corrected chi connectivity index (χ4v) is 5.35. The van der Waals surface area contributed by atoms with E-state index in [2.05, 4.69) is 26.1 Å². The first-order valence-electron chi connectivity index (χ1n) is 12.3. The number of H-pyrrole nitrogens is 1. The van der Waals surface area contributed by atoms with Gasteiger partial charge in [0, 0.05) is 18.5 Å². The minimum atomic E-state index is -1.10. The maximum atomic E-state index is 13.2. The highest BCUT2D eigenvalue weighted by Gasteiger charge is 2.26. The summed E-state index contributed by atoms with van der Waals surface area (Å²) in [4.78, 5) is 52.3. The quantitative estimate of drug-likeness (QED) is 0.204. The normalized spacial score (nSPS) is 11.8. The molecule has 3 aromatic heterocycles. The van der Waals surface area contributed by atoms with Crippen LogP contribution in [-0.4, -0.2) is 53.1 Å². The number of aryl methyl sites for hydroxylation is 1. The summed E-state index contributed by atoms with van der Waals surface area (Å²) in [5.41, 5.74) is 2.38. The lowest BCUT2D eigenvalue weighted by Crippen LogP contribution is -2.49. The zero-order valence-corrected chi connectivity index (χ0v) is 23.3. The zero-order chi connectivity index (χ0) is 27.9. The van der Waals surface area contributed by atoms with Crippen LogP contribution >= 0.6 is 22.7 Å². The summed E-state index contributed by atoms with van der Waals surface area (Å²) in [6, 6.07) is 9.65. The molecule has 0 radical (unpaired) electrons. The van der Waals surface area contributed by atoms with Crippen LogP contribution in [0.25, 0.3) is 10.9 Å². The molecule has 0 aliphatic rings. The highest BCUT2D eigenvalue weighted by atomic mass is 32.1. The van der Waals surface area contributed by atoms with Gasteiger partial charge in [0.25, 0.3) is 17.7 Å². The van der Waals surface area contributed by atoms with Crippen LogP contribution in [0, 0.1) is 12.8 Å². The van der Waals surface area contributed by atoms with Crippen molar-refractivity contribution in [2.75, 3.05) is 13.2 Å². The maximum Gasteiger partial charge on any atom is 0.330 e. The van der Waals surface area contributed by atoms with Crippen molar-refractivity contribution in [3.63, 3.8) is 0 Å². The minimum Gasteiger partial charge on any atom is -0.464 e. The van der Waals surface area contributed by atoms with E-state index in [4.69, 9.17) is 4.74 Å². The average molecular weight is 568 g/mol. The molecular weight excluding hydrogens is 538 g/mol. The number of rotatable bonds is 11. The lowest BCUT2D eigenvalue weighted by atomic mass is 10.1. The Labute approximate surface area is 233 Å². The van der Waals surface area contributed by atoms with E-state index in [-0.39, 0.29) is 30.9 Å². The number of carbonyl (C=O) groups is 4. The largest absolute Gasteiger partial charge is 0.464 e. The van der Waals surface area contributed by atoms with Crippen molar-refractivity contribution in [1.82, 2.24) is 26.1 Å². The van der Waals surface area contributed by atoms with Crippen molar-refractivity contribution >= 4 is 57.3 Å². The van der Waals surface area contributed by atoms with Gasteiger partial charge in [-0.25, -0.2) is 4.79 Å². The number of aromatic amines is 1. The molecule has 0 saturated heterocycles. The van der Waals surface area contributed by atoms with Gasteiger partial charge in [-0.15, -0.1) is 22.7 Å². The van der Waals surface area contributed by atoms with Crippen LogP contribution in [0.15, 0.2) is 48.0 Å². The fraction of sp³-hybridized carbons (Fsp3) is 0.296. The van der Waals surface area contributed by atoms with E-state index in [1.54, 1.807) is 36.7 Å². The lowest BCUT2D eigenvalue weighted by molar-refractivity contribution is -0.146. The molecule has 39 heavy (non-hydrogen) atoms. The molecule has 3 heterocycles. The van der Waals surface area contributed by atoms with Crippen molar-refractivity contribution in [2.24, 2.45) is 5.92 Å². The predicted molar refractivity (Wildman–Crippen MR) is 150 cm³/mol. The van der Waals surface area contributed by atoms with Crippen molar-refractivity contribution in [3.05, 3.63) is 73.7 Å². The van der Waals surface area contributed by atoms with Crippen molar-refractivity contribution < 1.29 is 23.9 Å². The predicted octanol–water partition coefficient (Wildman–Crippen LogP) is 3.65. The number of carbonyl (C=O) groups excluding carboxylic acids is 4. The molecule has 204 valence electrons. The molecule has 4 aromatic rings. The van der Waals surface area contributed by atoms with Gasteiger partial charge in [-0.2, -0.15) is 5.10 Å². The summed E-state index contributed by atoms with van der Waals surface area (Å²) < 4.78 is 5.33. The van der Waals surface area contributed by atoms with E-state index in [0.29, 0.717) is 26.7 Å². The van der Waals surface area contributed by atoms with Crippen LogP contribution in [0.2, 0.25) is 0 Å². The number of hydrogen-bond donors (Lipinski definition) is 4. The number of ether oxygens (including phenoxy) is 1. The Morgan fingerprint density at radius 3 is 2.56 bits per heavy atom. The molecule has 3 amide bonds. The van der Waals surface area contributed by atoms with Gasteiger partial charge in [0.05, 0.1) is 33.0 Å². The monoisotopic (exact) mass is 567 g/mol. The third kappa shape index (κ3) is 7.09. The highest BCUT2D eigenvalue weighted by Crippen LogP contribution is 2.23. The molecule has 0 bridgehead atoms. The number of amides is 3. The van der Waals surface area contributed by atoms with Gasteiger partial charge in [-0.1, -0.05) is 32.0 Å². The molecule has 0 fully saturated rings. The van der Waals surface area contributed by atoms with Gasteiger partial charge in [-0.3, -0.25) is 19.5 Å². The number of nitrogens with zero attached hydrogens (tertiary/aromatic N) is 1. The first-order valence-corrected chi connectivity index (χ1v) is 14.0. The molecule has 1 unspecified atom stereocenters. The number of nitrogens with one attached hydrogen (secondary N) is 4. The average Bonchev–Trinajstić information content (AvgIpc) is 3.69. The maximum absolute atomic E-state index is 13.2. The van der Waals surface area contributed by atoms with Crippen LogP contribution in [-0.2, 0) is 16.1 Å². The molecule has 0 spiro atoms. The van der Waals surface area contributed by atoms with E-state index in [1.165, 1.54) is 11.3 Å². The SMILES string of the molecule is Cc1cc(C(=O)NCc2cccc3[nH]ncc23)sc1C(=O)NC(CNC(=O)c1cccs1)C(=O)OCC(C)C. The molecule has 0 saturated carbocycles. The lowest BCUT2D eigenvalue weighted by Gasteiger charge is -2.19. The van der Waals surface area contributed by atoms with Crippen LogP contribution in [0.5, 0.6) is 0 Å². The van der Waals surface area contributed by atoms with Crippen LogP contribution in [0.3, 0.4) is 0 Å². The fourth-order valence-electron chi connectivity index (χ4n) is 3.72. The van der Waals surface area contributed by atoms with E-state index in [9.17, 15) is 19.2 Å². The van der Waals surface area contributed by atoms with Crippen molar-refractivity contribution in [1.29, 1.82) is 0 Å². The topological polar surface area (TPSA) is 142 Å². The Balaban J connectivity index is 1.42. The van der Waals surface area contributed by atoms with Crippen molar-refractivity contribution in [3.8, 4) is 0 Å². The van der Waals surface area contributed by atoms with E-state index in [1.807, 2.05) is 32.0 Å². The number of benzene rings is 1. The first-order chi connectivity index (χ1) is 18.7. The minimum absolute atomic E-state index is 0.104. The van der Waals surface area contributed by atoms with E-state index >= 15 is 0 Å². The molecule has 1 aromatic carbocycles. The number of fused-ring (bicyclic) bond motifs is 1. The molecule has 0 aliphatic heterocycles. The standard InChI is InChI=1S/C27H29N5O5S2/c1-15(2)14-37-27(36)20(13-29-24(33)21-8-5-9-38-21)31-26(35)23-16(3)10-22(39-23)25(34)28-11-17-6-4-7-19-18(17)12-30-32-19/h4-10,12,15,20H,11,13-14H2,1-3H3,(H,28,34)(H,29,33)(H,30,32)(H,31,35). The third-order valence-corrected chi connectivity index (χ3v) is 7.83. The zero-order valence-electron chi connectivity index (χ0n) is 21.7. The summed E-state index contributed by atoms with van der Waals surface area (Å²) in [5.74, 6) is -1.75. The number of hydrogen-bond acceptors (Lipinski definition) is 8. The third-order valence-electron chi connectivity index (χ3n) is 5.72. The Morgan fingerprint density at radius 1 is 1.03 bits per heavy atom. The molecule has 4 rings (SSSR count). The summed E-state index contributed by atoms with van der Waals surface area (Å²) in [6.07, 6.45) is 1.71. The highest BCUT2D eigenvalue weighted by molar-refractivity contribution is 7.16. The van der Waals surface area contributed by atoms with Gasteiger partial charge in [-0.05, 0) is 47.5 Å². The Bertz CT molecular complexity index is 1470.